The van der Waals surface area contributed by atoms with Gasteiger partial charge in [0.05, 0.1) is 20.3 Å². The first-order valence-electron chi connectivity index (χ1n) is 5.56. The lowest BCUT2D eigenvalue weighted by Crippen LogP contribution is -2.06. The number of hydrogen-bond donors (Lipinski definition) is 2. The fourth-order valence-corrected chi connectivity index (χ4v) is 1.58. The maximum atomic E-state index is 5.73. The summed E-state index contributed by atoms with van der Waals surface area (Å²) in [6.07, 6.45) is 0. The van der Waals surface area contributed by atoms with Crippen LogP contribution in [-0.2, 0) is 0 Å². The van der Waals surface area contributed by atoms with Gasteiger partial charge in [-0.05, 0) is 25.1 Å². The highest BCUT2D eigenvalue weighted by Gasteiger charge is 2.11. The van der Waals surface area contributed by atoms with Crippen LogP contribution in [0.2, 0.25) is 0 Å². The van der Waals surface area contributed by atoms with Gasteiger partial charge in [-0.25, -0.2) is 4.98 Å². The highest BCUT2D eigenvalue weighted by Crippen LogP contribution is 2.31. The number of nitrogens with one attached hydrogen (secondary N) is 1. The van der Waals surface area contributed by atoms with Gasteiger partial charge in [0.15, 0.2) is 17.3 Å². The molecule has 0 saturated carbocycles. The first-order chi connectivity index (χ1) is 8.65. The molecular formula is C12H16N4O2. The van der Waals surface area contributed by atoms with E-state index in [2.05, 4.69) is 15.2 Å². The Kier molecular flexibility index (Phi) is 3.47. The van der Waals surface area contributed by atoms with Gasteiger partial charge in [-0.2, -0.15) is 5.10 Å². The van der Waals surface area contributed by atoms with Gasteiger partial charge in [0.2, 0.25) is 0 Å². The fraction of sp³-hybridized carbons (Fsp3) is 0.333. The molecule has 3 N–H and O–H groups in total. The number of ether oxygens (including phenoxy) is 2. The van der Waals surface area contributed by atoms with E-state index in [1.54, 1.807) is 14.2 Å². The van der Waals surface area contributed by atoms with Crippen LogP contribution in [0, 0.1) is 0 Å². The molecule has 2 rings (SSSR count). The summed E-state index contributed by atoms with van der Waals surface area (Å²) < 4.78 is 10.4. The number of nitrogens with zero attached hydrogens (tertiary/aromatic N) is 2. The maximum absolute atomic E-state index is 5.73. The number of nitrogens with two attached hydrogens (primary N) is 1. The summed E-state index contributed by atoms with van der Waals surface area (Å²) in [4.78, 5) is 4.32. The summed E-state index contributed by atoms with van der Waals surface area (Å²) in [7, 11) is 3.19. The predicted octanol–water partition coefficient (Wildman–Crippen LogP) is 1.51. The molecule has 6 heteroatoms. The molecule has 0 aliphatic carbocycles. The molecule has 96 valence electrons. The molecule has 0 saturated heterocycles. The van der Waals surface area contributed by atoms with Crippen molar-refractivity contribution in [1.29, 1.82) is 0 Å². The van der Waals surface area contributed by atoms with E-state index < -0.39 is 0 Å². The van der Waals surface area contributed by atoms with E-state index in [9.17, 15) is 0 Å². The van der Waals surface area contributed by atoms with Crippen LogP contribution in [0.25, 0.3) is 11.4 Å². The maximum Gasteiger partial charge on any atom is 0.181 e. The van der Waals surface area contributed by atoms with E-state index in [1.165, 1.54) is 0 Å². The zero-order chi connectivity index (χ0) is 13.1. The van der Waals surface area contributed by atoms with Crippen LogP contribution in [0.4, 0.5) is 0 Å². The van der Waals surface area contributed by atoms with Gasteiger partial charge in [0, 0.05) is 5.56 Å². The SMILES string of the molecule is COc1ccc(-c2n[nH]c([C@H](C)N)n2)cc1OC. The van der Waals surface area contributed by atoms with Gasteiger partial charge < -0.3 is 15.2 Å². The zero-order valence-electron chi connectivity index (χ0n) is 10.6. The summed E-state index contributed by atoms with van der Waals surface area (Å²) in [5.41, 5.74) is 6.57. The van der Waals surface area contributed by atoms with Crippen LogP contribution in [0.5, 0.6) is 11.5 Å². The third-order valence-electron chi connectivity index (χ3n) is 2.58. The van der Waals surface area contributed by atoms with Crippen LogP contribution < -0.4 is 15.2 Å². The minimum atomic E-state index is -0.175. The smallest absolute Gasteiger partial charge is 0.181 e. The van der Waals surface area contributed by atoms with Crippen LogP contribution >= 0.6 is 0 Å². The Hall–Kier alpha value is -2.08. The number of methoxy groups -OCH3 is 2. The van der Waals surface area contributed by atoms with Crippen molar-refractivity contribution in [1.82, 2.24) is 15.2 Å². The van der Waals surface area contributed by atoms with Gasteiger partial charge in [-0.15, -0.1) is 0 Å². The molecule has 1 atom stereocenters. The molecule has 1 aromatic heterocycles. The standard InChI is InChI=1S/C12H16N4O2/c1-7(13)11-14-12(16-15-11)8-4-5-9(17-2)10(6-8)18-3/h4-7H,13H2,1-3H3,(H,14,15,16)/t7-/m0/s1. The molecule has 0 spiro atoms. The van der Waals surface area contributed by atoms with Crippen LogP contribution in [0.1, 0.15) is 18.8 Å². The van der Waals surface area contributed by atoms with Gasteiger partial charge in [-0.1, -0.05) is 0 Å². The molecule has 0 radical (unpaired) electrons. The molecule has 1 heterocycles. The molecular weight excluding hydrogens is 232 g/mol. The number of hydrogen-bond acceptors (Lipinski definition) is 5. The van der Waals surface area contributed by atoms with Gasteiger partial charge in [-0.3, -0.25) is 5.10 Å². The van der Waals surface area contributed by atoms with E-state index in [0.717, 1.165) is 5.56 Å². The Morgan fingerprint density at radius 1 is 1.22 bits per heavy atom. The van der Waals surface area contributed by atoms with Crippen molar-refractivity contribution in [3.05, 3.63) is 24.0 Å². The summed E-state index contributed by atoms with van der Waals surface area (Å²) in [6, 6.07) is 5.34. The fourth-order valence-electron chi connectivity index (χ4n) is 1.58. The Morgan fingerprint density at radius 3 is 2.50 bits per heavy atom. The molecule has 1 aromatic carbocycles. The third-order valence-corrected chi connectivity index (χ3v) is 2.58. The second-order valence-electron chi connectivity index (χ2n) is 3.90. The predicted molar refractivity (Wildman–Crippen MR) is 67.5 cm³/mol. The number of H-pyrrole nitrogens is 1. The van der Waals surface area contributed by atoms with Crippen molar-refractivity contribution in [3.63, 3.8) is 0 Å². The summed E-state index contributed by atoms with van der Waals surface area (Å²) >= 11 is 0. The topological polar surface area (TPSA) is 86.0 Å². The molecule has 2 aromatic rings. The van der Waals surface area contributed by atoms with Crippen molar-refractivity contribution in [2.75, 3.05) is 14.2 Å². The first kappa shape index (κ1) is 12.4. The monoisotopic (exact) mass is 248 g/mol. The van der Waals surface area contributed by atoms with Crippen LogP contribution in [0.3, 0.4) is 0 Å². The summed E-state index contributed by atoms with van der Waals surface area (Å²) in [6.45, 7) is 1.85. The second kappa shape index (κ2) is 5.05. The van der Waals surface area contributed by atoms with Crippen molar-refractivity contribution in [2.45, 2.75) is 13.0 Å². The molecule has 18 heavy (non-hydrogen) atoms. The highest BCUT2D eigenvalue weighted by molar-refractivity contribution is 5.60. The molecule has 0 bridgehead atoms. The molecule has 0 amide bonds. The van der Waals surface area contributed by atoms with E-state index in [4.69, 9.17) is 15.2 Å². The molecule has 6 nitrogen and oxygen atoms in total. The Labute approximate surface area is 105 Å². The van der Waals surface area contributed by atoms with E-state index >= 15 is 0 Å². The van der Waals surface area contributed by atoms with Crippen molar-refractivity contribution in [3.8, 4) is 22.9 Å². The lowest BCUT2D eigenvalue weighted by Gasteiger charge is -2.07. The second-order valence-corrected chi connectivity index (χ2v) is 3.90. The van der Waals surface area contributed by atoms with Gasteiger partial charge in [0.1, 0.15) is 5.82 Å². The Morgan fingerprint density at radius 2 is 1.94 bits per heavy atom. The van der Waals surface area contributed by atoms with Crippen LogP contribution in [0.15, 0.2) is 18.2 Å². The largest absolute Gasteiger partial charge is 0.493 e. The van der Waals surface area contributed by atoms with Crippen molar-refractivity contribution < 1.29 is 9.47 Å². The van der Waals surface area contributed by atoms with E-state index in [-0.39, 0.29) is 6.04 Å². The Bertz CT molecular complexity index is 537. The summed E-state index contributed by atoms with van der Waals surface area (Å²) in [5, 5.41) is 6.94. The van der Waals surface area contributed by atoms with Gasteiger partial charge in [0.25, 0.3) is 0 Å². The van der Waals surface area contributed by atoms with Crippen molar-refractivity contribution >= 4 is 0 Å². The lowest BCUT2D eigenvalue weighted by atomic mass is 10.2. The molecule has 0 fully saturated rings. The molecule has 0 aliphatic heterocycles. The number of aromatic nitrogens is 3. The van der Waals surface area contributed by atoms with Crippen molar-refractivity contribution in [2.24, 2.45) is 5.73 Å². The van der Waals surface area contributed by atoms with Gasteiger partial charge >= 0.3 is 0 Å². The highest BCUT2D eigenvalue weighted by atomic mass is 16.5. The van der Waals surface area contributed by atoms with E-state index in [0.29, 0.717) is 23.1 Å². The zero-order valence-corrected chi connectivity index (χ0v) is 10.6. The van der Waals surface area contributed by atoms with Crippen LogP contribution in [-0.4, -0.2) is 29.4 Å². The number of aromatic amines is 1. The quantitative estimate of drug-likeness (QED) is 0.856. The molecule has 0 unspecified atom stereocenters. The Balaban J connectivity index is 2.38. The minimum absolute atomic E-state index is 0.175. The minimum Gasteiger partial charge on any atom is -0.493 e. The summed E-state index contributed by atoms with van der Waals surface area (Å²) in [5.74, 6) is 2.55. The number of benzene rings is 1. The third kappa shape index (κ3) is 2.28. The average Bonchev–Trinajstić information content (AvgIpc) is 2.87. The normalized spacial score (nSPS) is 12.2. The van der Waals surface area contributed by atoms with E-state index in [1.807, 2.05) is 25.1 Å². The molecule has 0 aliphatic rings. The first-order valence-corrected chi connectivity index (χ1v) is 5.56. The number of rotatable bonds is 4. The average molecular weight is 248 g/mol. The lowest BCUT2D eigenvalue weighted by molar-refractivity contribution is 0.355.